The van der Waals surface area contributed by atoms with Crippen LogP contribution >= 0.6 is 0 Å². The molecule has 2 aromatic rings. The normalized spacial score (nSPS) is 32.3. The molecule has 0 radical (unpaired) electrons. The number of nitrogens with zero attached hydrogens (tertiary/aromatic N) is 2. The van der Waals surface area contributed by atoms with Crippen molar-refractivity contribution in [3.63, 3.8) is 0 Å². The van der Waals surface area contributed by atoms with E-state index in [0.717, 1.165) is 36.8 Å². The molecule has 3 aliphatic rings. The summed E-state index contributed by atoms with van der Waals surface area (Å²) in [5.74, 6) is 3.83. The quantitative estimate of drug-likeness (QED) is 0.851. The average Bonchev–Trinajstić information content (AvgIpc) is 3.15. The second-order valence-corrected chi connectivity index (χ2v) is 8.01. The first kappa shape index (κ1) is 14.7. The van der Waals surface area contributed by atoms with Crippen molar-refractivity contribution in [2.75, 3.05) is 26.2 Å². The zero-order valence-corrected chi connectivity index (χ0v) is 14.2. The SMILES string of the molecule is c1ccc(CN2C[C@H]3[C@@H]4CN(Cc5ccccc5)C[C@@H]4[C@H]3C2)cc1. The van der Waals surface area contributed by atoms with Gasteiger partial charge in [-0.2, -0.15) is 0 Å². The molecule has 0 spiro atoms. The smallest absolute Gasteiger partial charge is 0.0233 e. The standard InChI is InChI=1S/C22H26N2/c1-3-7-17(8-4-1)11-23-13-19-20(14-23)22-16-24(15-21(19)22)12-18-9-5-2-6-10-18/h1-10,19-22H,11-16H2/t19-,20+,21+,22-. The summed E-state index contributed by atoms with van der Waals surface area (Å²) in [5, 5.41) is 0. The summed E-state index contributed by atoms with van der Waals surface area (Å²) in [6, 6.07) is 21.9. The van der Waals surface area contributed by atoms with Crippen LogP contribution in [0.15, 0.2) is 60.7 Å². The molecule has 24 heavy (non-hydrogen) atoms. The Kier molecular flexibility index (Phi) is 3.68. The highest BCUT2D eigenvalue weighted by Crippen LogP contribution is 2.54. The van der Waals surface area contributed by atoms with E-state index in [1.54, 1.807) is 0 Å². The van der Waals surface area contributed by atoms with Gasteiger partial charge in [-0.25, -0.2) is 0 Å². The van der Waals surface area contributed by atoms with Crippen molar-refractivity contribution in [1.82, 2.24) is 9.80 Å². The van der Waals surface area contributed by atoms with Crippen LogP contribution in [0.25, 0.3) is 0 Å². The predicted molar refractivity (Wildman–Crippen MR) is 97.4 cm³/mol. The third-order valence-corrected chi connectivity index (χ3v) is 6.57. The predicted octanol–water partition coefficient (Wildman–Crippen LogP) is 3.50. The summed E-state index contributed by atoms with van der Waals surface area (Å²) < 4.78 is 0. The van der Waals surface area contributed by atoms with Gasteiger partial charge in [-0.05, 0) is 34.8 Å². The van der Waals surface area contributed by atoms with E-state index in [1.165, 1.54) is 37.3 Å². The van der Waals surface area contributed by atoms with Gasteiger partial charge in [-0.3, -0.25) is 9.80 Å². The molecule has 3 fully saturated rings. The summed E-state index contributed by atoms with van der Waals surface area (Å²) in [6.07, 6.45) is 0. The number of hydrogen-bond acceptors (Lipinski definition) is 2. The Morgan fingerprint density at radius 2 is 0.875 bits per heavy atom. The van der Waals surface area contributed by atoms with Gasteiger partial charge in [-0.1, -0.05) is 60.7 Å². The Bertz CT molecular complexity index is 594. The first-order valence-electron chi connectivity index (χ1n) is 9.39. The van der Waals surface area contributed by atoms with E-state index < -0.39 is 0 Å². The summed E-state index contributed by atoms with van der Waals surface area (Å²) in [7, 11) is 0. The van der Waals surface area contributed by atoms with Crippen LogP contribution in [0.4, 0.5) is 0 Å². The molecule has 2 aliphatic heterocycles. The monoisotopic (exact) mass is 318 g/mol. The van der Waals surface area contributed by atoms with Crippen LogP contribution in [0, 0.1) is 23.7 Å². The van der Waals surface area contributed by atoms with E-state index in [-0.39, 0.29) is 0 Å². The van der Waals surface area contributed by atoms with Crippen molar-refractivity contribution >= 4 is 0 Å². The van der Waals surface area contributed by atoms with E-state index in [4.69, 9.17) is 0 Å². The Morgan fingerprint density at radius 3 is 1.21 bits per heavy atom. The lowest BCUT2D eigenvalue weighted by Gasteiger charge is -2.43. The zero-order chi connectivity index (χ0) is 15.9. The van der Waals surface area contributed by atoms with E-state index in [1.807, 2.05) is 0 Å². The fourth-order valence-corrected chi connectivity index (χ4v) is 5.49. The van der Waals surface area contributed by atoms with Crippen LogP contribution in [-0.4, -0.2) is 36.0 Å². The third kappa shape index (κ3) is 2.58. The van der Waals surface area contributed by atoms with Gasteiger partial charge in [0.2, 0.25) is 0 Å². The fraction of sp³-hybridized carbons (Fsp3) is 0.455. The van der Waals surface area contributed by atoms with Crippen LogP contribution in [0.1, 0.15) is 11.1 Å². The first-order chi connectivity index (χ1) is 11.9. The van der Waals surface area contributed by atoms with Crippen LogP contribution in [0.3, 0.4) is 0 Å². The molecule has 124 valence electrons. The van der Waals surface area contributed by atoms with Gasteiger partial charge < -0.3 is 0 Å². The molecule has 0 unspecified atom stereocenters. The number of likely N-dealkylation sites (tertiary alicyclic amines) is 2. The molecule has 5 rings (SSSR count). The maximum atomic E-state index is 2.70. The molecular formula is C22H26N2. The fourth-order valence-electron chi connectivity index (χ4n) is 5.49. The van der Waals surface area contributed by atoms with Crippen molar-refractivity contribution in [3.05, 3.63) is 71.8 Å². The third-order valence-electron chi connectivity index (χ3n) is 6.57. The van der Waals surface area contributed by atoms with Gasteiger partial charge in [0, 0.05) is 39.3 Å². The van der Waals surface area contributed by atoms with Crippen molar-refractivity contribution < 1.29 is 0 Å². The van der Waals surface area contributed by atoms with Crippen molar-refractivity contribution in [1.29, 1.82) is 0 Å². The summed E-state index contributed by atoms with van der Waals surface area (Å²) in [5.41, 5.74) is 2.93. The Hall–Kier alpha value is -1.64. The van der Waals surface area contributed by atoms with Gasteiger partial charge in [0.25, 0.3) is 0 Å². The molecule has 2 nitrogen and oxygen atoms in total. The molecule has 0 amide bonds. The number of fused-ring (bicyclic) bond motifs is 4. The molecule has 0 N–H and O–H groups in total. The maximum Gasteiger partial charge on any atom is 0.0233 e. The molecule has 2 heteroatoms. The molecule has 1 saturated carbocycles. The highest BCUT2D eigenvalue weighted by atomic mass is 15.2. The molecular weight excluding hydrogens is 292 g/mol. The van der Waals surface area contributed by atoms with Gasteiger partial charge in [0.15, 0.2) is 0 Å². The lowest BCUT2D eigenvalue weighted by atomic mass is 9.60. The number of hydrogen-bond donors (Lipinski definition) is 0. The van der Waals surface area contributed by atoms with E-state index in [0.29, 0.717) is 0 Å². The molecule has 0 atom stereocenters. The highest BCUT2D eigenvalue weighted by Gasteiger charge is 2.57. The lowest BCUT2D eigenvalue weighted by molar-refractivity contribution is 0.0629. The minimum atomic E-state index is 0.958. The highest BCUT2D eigenvalue weighted by molar-refractivity contribution is 5.17. The summed E-state index contributed by atoms with van der Waals surface area (Å²) in [4.78, 5) is 5.40. The average molecular weight is 318 g/mol. The molecule has 0 bridgehead atoms. The first-order valence-corrected chi connectivity index (χ1v) is 9.39. The van der Waals surface area contributed by atoms with Crippen LogP contribution in [-0.2, 0) is 13.1 Å². The summed E-state index contributed by atoms with van der Waals surface area (Å²) >= 11 is 0. The van der Waals surface area contributed by atoms with Gasteiger partial charge >= 0.3 is 0 Å². The molecule has 2 saturated heterocycles. The minimum absolute atomic E-state index is 0.958. The van der Waals surface area contributed by atoms with E-state index in [9.17, 15) is 0 Å². The molecule has 1 aliphatic carbocycles. The Balaban J connectivity index is 1.18. The molecule has 2 aromatic carbocycles. The largest absolute Gasteiger partial charge is 0.298 e. The van der Waals surface area contributed by atoms with Crippen LogP contribution < -0.4 is 0 Å². The Labute approximate surface area is 145 Å². The van der Waals surface area contributed by atoms with Crippen molar-refractivity contribution in [3.8, 4) is 0 Å². The van der Waals surface area contributed by atoms with Crippen LogP contribution in [0.2, 0.25) is 0 Å². The topological polar surface area (TPSA) is 6.48 Å². The lowest BCUT2D eigenvalue weighted by Crippen LogP contribution is -2.44. The minimum Gasteiger partial charge on any atom is -0.298 e. The van der Waals surface area contributed by atoms with Crippen LogP contribution in [0.5, 0.6) is 0 Å². The van der Waals surface area contributed by atoms with Gasteiger partial charge in [0.05, 0.1) is 0 Å². The molecule has 0 aromatic heterocycles. The second-order valence-electron chi connectivity index (χ2n) is 8.01. The van der Waals surface area contributed by atoms with Crippen molar-refractivity contribution in [2.45, 2.75) is 13.1 Å². The zero-order valence-electron chi connectivity index (χ0n) is 14.2. The summed E-state index contributed by atoms with van der Waals surface area (Å²) in [6.45, 7) is 7.56. The van der Waals surface area contributed by atoms with E-state index >= 15 is 0 Å². The number of rotatable bonds is 4. The van der Waals surface area contributed by atoms with Crippen molar-refractivity contribution in [2.24, 2.45) is 23.7 Å². The second kappa shape index (κ2) is 6.02. The maximum absolute atomic E-state index is 2.70. The number of benzene rings is 2. The molecule has 2 heterocycles. The van der Waals surface area contributed by atoms with E-state index in [2.05, 4.69) is 70.5 Å². The van der Waals surface area contributed by atoms with Gasteiger partial charge in [-0.15, -0.1) is 0 Å². The van der Waals surface area contributed by atoms with Gasteiger partial charge in [0.1, 0.15) is 0 Å². The Morgan fingerprint density at radius 1 is 0.542 bits per heavy atom.